The normalized spacial score (nSPS) is 24.1. The lowest BCUT2D eigenvalue weighted by Crippen LogP contribution is -2.52. The number of fused-ring (bicyclic) bond motifs is 1. The standard InChI is InChI=1S/C12H6F2N2O4/c13-12(14)7(8(17)15-11(12)20)16-9(18)5-3-1-2-4-6(5)10(16)19/h1-4,7H,(H,15,17,20). The summed E-state index contributed by atoms with van der Waals surface area (Å²) in [6.07, 6.45) is 0. The van der Waals surface area contributed by atoms with Crippen molar-refractivity contribution in [3.63, 3.8) is 0 Å². The van der Waals surface area contributed by atoms with E-state index >= 15 is 0 Å². The molecule has 1 atom stereocenters. The van der Waals surface area contributed by atoms with Crippen molar-refractivity contribution in [1.29, 1.82) is 0 Å². The lowest BCUT2D eigenvalue weighted by molar-refractivity contribution is -0.144. The number of nitrogens with zero attached hydrogens (tertiary/aromatic N) is 1. The quantitative estimate of drug-likeness (QED) is 0.731. The summed E-state index contributed by atoms with van der Waals surface area (Å²) in [5, 5.41) is 1.43. The zero-order valence-corrected chi connectivity index (χ0v) is 9.72. The number of nitrogens with one attached hydrogen (secondary N) is 1. The fourth-order valence-electron chi connectivity index (χ4n) is 2.27. The Labute approximate surface area is 110 Å². The van der Waals surface area contributed by atoms with Crippen LogP contribution in [0.15, 0.2) is 24.3 Å². The fraction of sp³-hybridized carbons (Fsp3) is 0.167. The maximum absolute atomic E-state index is 13.7. The number of carbonyl (C=O) groups is 4. The topological polar surface area (TPSA) is 83.6 Å². The number of carbonyl (C=O) groups excluding carboxylic acids is 4. The minimum Gasteiger partial charge on any atom is -0.289 e. The maximum Gasteiger partial charge on any atom is 0.354 e. The summed E-state index contributed by atoms with van der Waals surface area (Å²) in [6, 6.07) is 3.07. The third-order valence-corrected chi connectivity index (χ3v) is 3.21. The smallest absolute Gasteiger partial charge is 0.289 e. The summed E-state index contributed by atoms with van der Waals surface area (Å²) in [4.78, 5) is 46.7. The average Bonchev–Trinajstić information content (AvgIpc) is 2.75. The minimum absolute atomic E-state index is 0.0690. The number of halogens is 2. The molecule has 2 aliphatic rings. The van der Waals surface area contributed by atoms with Crippen LogP contribution in [0.5, 0.6) is 0 Å². The molecule has 1 fully saturated rings. The van der Waals surface area contributed by atoms with E-state index in [9.17, 15) is 28.0 Å². The van der Waals surface area contributed by atoms with Crippen LogP contribution in [0, 0.1) is 0 Å². The molecule has 0 spiro atoms. The van der Waals surface area contributed by atoms with Crippen molar-refractivity contribution in [1.82, 2.24) is 10.2 Å². The van der Waals surface area contributed by atoms with E-state index in [1.165, 1.54) is 29.6 Å². The van der Waals surface area contributed by atoms with Crippen LogP contribution in [0.4, 0.5) is 8.78 Å². The molecule has 0 radical (unpaired) electrons. The van der Waals surface area contributed by atoms with Crippen LogP contribution in [0.1, 0.15) is 20.7 Å². The highest BCUT2D eigenvalue weighted by Crippen LogP contribution is 2.34. The second kappa shape index (κ2) is 3.69. The van der Waals surface area contributed by atoms with Gasteiger partial charge in [0.15, 0.2) is 6.04 Å². The predicted octanol–water partition coefficient (Wildman–Crippen LogP) is -0.0571. The molecule has 1 unspecified atom stereocenters. The Balaban J connectivity index is 2.10. The first-order chi connectivity index (χ1) is 9.35. The lowest BCUT2D eigenvalue weighted by atomic mass is 10.1. The predicted molar refractivity (Wildman–Crippen MR) is 58.8 cm³/mol. The van der Waals surface area contributed by atoms with E-state index in [1.54, 1.807) is 0 Å². The van der Waals surface area contributed by atoms with E-state index < -0.39 is 35.6 Å². The van der Waals surface area contributed by atoms with Crippen molar-refractivity contribution in [3.05, 3.63) is 35.4 Å². The highest BCUT2D eigenvalue weighted by Gasteiger charge is 2.64. The van der Waals surface area contributed by atoms with Crippen LogP contribution in [0.2, 0.25) is 0 Å². The Bertz CT molecular complexity index is 651. The van der Waals surface area contributed by atoms with Gasteiger partial charge < -0.3 is 0 Å². The summed E-state index contributed by atoms with van der Waals surface area (Å²) in [5.74, 6) is -9.34. The molecule has 3 rings (SSSR count). The van der Waals surface area contributed by atoms with Crippen LogP contribution in [0.3, 0.4) is 0 Å². The number of hydrogen-bond acceptors (Lipinski definition) is 4. The maximum atomic E-state index is 13.7. The molecule has 6 nitrogen and oxygen atoms in total. The van der Waals surface area contributed by atoms with E-state index in [2.05, 4.69) is 0 Å². The Hall–Kier alpha value is -2.64. The summed E-state index contributed by atoms with van der Waals surface area (Å²) in [5.41, 5.74) is -0.138. The van der Waals surface area contributed by atoms with Crippen LogP contribution < -0.4 is 5.32 Å². The van der Waals surface area contributed by atoms with E-state index in [1.807, 2.05) is 0 Å². The molecule has 1 aromatic carbocycles. The molecule has 2 aliphatic heterocycles. The second-order valence-corrected chi connectivity index (χ2v) is 4.37. The number of amides is 4. The van der Waals surface area contributed by atoms with Gasteiger partial charge in [-0.2, -0.15) is 8.78 Å². The molecule has 2 heterocycles. The van der Waals surface area contributed by atoms with Gasteiger partial charge in [0.05, 0.1) is 11.1 Å². The zero-order chi connectivity index (χ0) is 14.7. The molecule has 1 saturated heterocycles. The summed E-state index contributed by atoms with van der Waals surface area (Å²) < 4.78 is 27.4. The molecule has 0 aromatic heterocycles. The van der Waals surface area contributed by atoms with Gasteiger partial charge in [0.2, 0.25) is 0 Å². The molecular weight excluding hydrogens is 274 g/mol. The SMILES string of the molecule is O=C1NC(=O)C(F)(F)C1N1C(=O)c2ccccc2C1=O. The molecular formula is C12H6F2N2O4. The lowest BCUT2D eigenvalue weighted by Gasteiger charge is -2.23. The van der Waals surface area contributed by atoms with Gasteiger partial charge in [0.1, 0.15) is 0 Å². The number of benzene rings is 1. The van der Waals surface area contributed by atoms with E-state index in [0.29, 0.717) is 0 Å². The highest BCUT2D eigenvalue weighted by atomic mass is 19.3. The molecule has 0 saturated carbocycles. The Morgan fingerprint density at radius 1 is 1.00 bits per heavy atom. The first-order valence-corrected chi connectivity index (χ1v) is 5.55. The molecule has 4 amide bonds. The monoisotopic (exact) mass is 280 g/mol. The molecule has 1 aromatic rings. The number of alkyl halides is 2. The van der Waals surface area contributed by atoms with Crippen molar-refractivity contribution in [3.8, 4) is 0 Å². The largest absolute Gasteiger partial charge is 0.354 e. The van der Waals surface area contributed by atoms with E-state index in [0.717, 1.165) is 0 Å². The Kier molecular flexibility index (Phi) is 2.28. The van der Waals surface area contributed by atoms with Crippen LogP contribution in [-0.2, 0) is 9.59 Å². The van der Waals surface area contributed by atoms with Gasteiger partial charge in [-0.15, -0.1) is 0 Å². The van der Waals surface area contributed by atoms with E-state index in [-0.39, 0.29) is 16.0 Å². The summed E-state index contributed by atoms with van der Waals surface area (Å²) >= 11 is 0. The third-order valence-electron chi connectivity index (χ3n) is 3.21. The van der Waals surface area contributed by atoms with Crippen molar-refractivity contribution in [2.75, 3.05) is 0 Å². The molecule has 1 N–H and O–H groups in total. The zero-order valence-electron chi connectivity index (χ0n) is 9.72. The van der Waals surface area contributed by atoms with Gasteiger partial charge in [-0.3, -0.25) is 29.4 Å². The molecule has 0 bridgehead atoms. The van der Waals surface area contributed by atoms with Gasteiger partial charge in [0, 0.05) is 0 Å². The van der Waals surface area contributed by atoms with Crippen LogP contribution in [-0.4, -0.2) is 40.5 Å². The first-order valence-electron chi connectivity index (χ1n) is 5.55. The van der Waals surface area contributed by atoms with Crippen molar-refractivity contribution >= 4 is 23.6 Å². The van der Waals surface area contributed by atoms with E-state index in [4.69, 9.17) is 0 Å². The number of imide groups is 2. The number of hydrogen-bond donors (Lipinski definition) is 1. The van der Waals surface area contributed by atoms with Gasteiger partial charge in [-0.25, -0.2) is 0 Å². The van der Waals surface area contributed by atoms with Crippen molar-refractivity contribution < 1.29 is 28.0 Å². The molecule has 20 heavy (non-hydrogen) atoms. The fourth-order valence-corrected chi connectivity index (χ4v) is 2.27. The van der Waals surface area contributed by atoms with Crippen molar-refractivity contribution in [2.24, 2.45) is 0 Å². The molecule has 102 valence electrons. The van der Waals surface area contributed by atoms with Gasteiger partial charge in [-0.1, -0.05) is 12.1 Å². The minimum atomic E-state index is -4.13. The third kappa shape index (κ3) is 1.35. The van der Waals surface area contributed by atoms with Crippen molar-refractivity contribution in [2.45, 2.75) is 12.0 Å². The van der Waals surface area contributed by atoms with Gasteiger partial charge in [-0.05, 0) is 12.1 Å². The first kappa shape index (κ1) is 12.4. The highest BCUT2D eigenvalue weighted by molar-refractivity contribution is 6.25. The molecule has 8 heteroatoms. The Morgan fingerprint density at radius 2 is 1.50 bits per heavy atom. The molecule has 0 aliphatic carbocycles. The second-order valence-electron chi connectivity index (χ2n) is 4.37. The van der Waals surface area contributed by atoms with Crippen LogP contribution in [0.25, 0.3) is 0 Å². The number of rotatable bonds is 1. The van der Waals surface area contributed by atoms with Gasteiger partial charge in [0.25, 0.3) is 23.6 Å². The summed E-state index contributed by atoms with van der Waals surface area (Å²) in [7, 11) is 0. The summed E-state index contributed by atoms with van der Waals surface area (Å²) in [6.45, 7) is 0. The van der Waals surface area contributed by atoms with Gasteiger partial charge >= 0.3 is 5.92 Å². The van der Waals surface area contributed by atoms with Crippen LogP contribution >= 0.6 is 0 Å². The average molecular weight is 280 g/mol. The Morgan fingerprint density at radius 3 is 1.90 bits per heavy atom.